The van der Waals surface area contributed by atoms with Gasteiger partial charge in [-0.05, 0) is 47.5 Å². The Kier molecular flexibility index (Phi) is 4.42. The summed E-state index contributed by atoms with van der Waals surface area (Å²) in [4.78, 5) is 13.6. The van der Waals surface area contributed by atoms with Crippen molar-refractivity contribution in [2.75, 3.05) is 0 Å². The topological polar surface area (TPSA) is 55.1 Å². The molecule has 2 atom stereocenters. The van der Waals surface area contributed by atoms with Crippen LogP contribution in [-0.4, -0.2) is 6.03 Å². The first kappa shape index (κ1) is 17.1. The van der Waals surface area contributed by atoms with Crippen molar-refractivity contribution >= 4 is 48.9 Å². The fourth-order valence-electron chi connectivity index (χ4n) is 3.22. The molecular formula is C21H20N2OS2. The normalized spacial score (nSPS) is 13.8. The summed E-state index contributed by atoms with van der Waals surface area (Å²) >= 11 is 3.58. The minimum absolute atomic E-state index is 0.0756. The molecule has 2 amide bonds. The molecule has 2 unspecified atom stereocenters. The van der Waals surface area contributed by atoms with Crippen LogP contribution < -0.4 is 11.1 Å². The fourth-order valence-corrected chi connectivity index (χ4v) is 5.48. The summed E-state index contributed by atoms with van der Waals surface area (Å²) in [5, 5.41) is 5.26. The lowest BCUT2D eigenvalue weighted by Gasteiger charge is -2.09. The summed E-state index contributed by atoms with van der Waals surface area (Å²) in [5.74, 6) is 0.350. The van der Waals surface area contributed by atoms with E-state index in [9.17, 15) is 4.79 Å². The highest BCUT2D eigenvalue weighted by atomic mass is 32.1. The molecule has 0 bridgehead atoms. The molecule has 0 radical (unpaired) electrons. The van der Waals surface area contributed by atoms with Gasteiger partial charge in [0, 0.05) is 25.1 Å². The quantitative estimate of drug-likeness (QED) is 0.448. The largest absolute Gasteiger partial charge is 0.352 e. The molecule has 3 N–H and O–H groups in total. The van der Waals surface area contributed by atoms with Gasteiger partial charge in [0.2, 0.25) is 0 Å². The molecule has 0 spiro atoms. The Morgan fingerprint density at radius 1 is 0.923 bits per heavy atom. The molecule has 0 saturated heterocycles. The van der Waals surface area contributed by atoms with Gasteiger partial charge in [-0.2, -0.15) is 0 Å². The van der Waals surface area contributed by atoms with E-state index in [1.165, 1.54) is 30.6 Å². The Labute approximate surface area is 160 Å². The lowest BCUT2D eigenvalue weighted by molar-refractivity contribution is 0.246. The van der Waals surface area contributed by atoms with Crippen LogP contribution in [0.4, 0.5) is 4.79 Å². The van der Waals surface area contributed by atoms with Crippen molar-refractivity contribution in [3.63, 3.8) is 0 Å². The zero-order valence-corrected chi connectivity index (χ0v) is 16.3. The van der Waals surface area contributed by atoms with Crippen LogP contribution in [-0.2, 0) is 0 Å². The van der Waals surface area contributed by atoms with E-state index in [1.807, 2.05) is 18.3 Å². The van der Waals surface area contributed by atoms with E-state index in [1.54, 1.807) is 11.3 Å². The van der Waals surface area contributed by atoms with Crippen LogP contribution in [0.5, 0.6) is 0 Å². The molecule has 4 aromatic rings. The number of hydrogen-bond donors (Lipinski definition) is 2. The number of primary amides is 1. The highest BCUT2D eigenvalue weighted by Gasteiger charge is 2.15. The number of urea groups is 1. The molecule has 0 fully saturated rings. The Morgan fingerprint density at radius 3 is 2.38 bits per heavy atom. The molecular weight excluding hydrogens is 360 g/mol. The van der Waals surface area contributed by atoms with Gasteiger partial charge in [0.1, 0.15) is 0 Å². The summed E-state index contributed by atoms with van der Waals surface area (Å²) in [6.45, 7) is 4.22. The van der Waals surface area contributed by atoms with Gasteiger partial charge in [0.25, 0.3) is 0 Å². The third-order valence-electron chi connectivity index (χ3n) is 4.72. The molecule has 26 heavy (non-hydrogen) atoms. The van der Waals surface area contributed by atoms with Gasteiger partial charge in [-0.1, -0.05) is 37.3 Å². The Hall–Kier alpha value is -2.37. The summed E-state index contributed by atoms with van der Waals surface area (Å²) in [5.41, 5.74) is 6.55. The Balaban J connectivity index is 1.66. The van der Waals surface area contributed by atoms with Crippen molar-refractivity contribution in [1.29, 1.82) is 0 Å². The first-order valence-electron chi connectivity index (χ1n) is 8.59. The van der Waals surface area contributed by atoms with E-state index in [-0.39, 0.29) is 6.04 Å². The van der Waals surface area contributed by atoms with Gasteiger partial charge in [-0.3, -0.25) is 0 Å². The van der Waals surface area contributed by atoms with Crippen LogP contribution in [0.1, 0.15) is 41.1 Å². The van der Waals surface area contributed by atoms with E-state index < -0.39 is 6.03 Å². The van der Waals surface area contributed by atoms with Crippen LogP contribution in [0.3, 0.4) is 0 Å². The van der Waals surface area contributed by atoms with Crippen LogP contribution in [0.15, 0.2) is 54.6 Å². The van der Waals surface area contributed by atoms with Crippen molar-refractivity contribution in [3.8, 4) is 0 Å². The second-order valence-electron chi connectivity index (χ2n) is 6.58. The SMILES string of the molecule is CC(NC(N)=O)c1cc2ccc(C(C)c3cc4ccccc4s3)cc2s1. The van der Waals surface area contributed by atoms with E-state index >= 15 is 0 Å². The second-order valence-corrected chi connectivity index (χ2v) is 8.82. The van der Waals surface area contributed by atoms with Crippen LogP contribution in [0.2, 0.25) is 0 Å². The number of hydrogen-bond acceptors (Lipinski definition) is 3. The molecule has 3 nitrogen and oxygen atoms in total. The molecule has 0 saturated carbocycles. The lowest BCUT2D eigenvalue weighted by atomic mass is 9.98. The van der Waals surface area contributed by atoms with Gasteiger partial charge in [-0.25, -0.2) is 4.79 Å². The van der Waals surface area contributed by atoms with Crippen molar-refractivity contribution in [3.05, 3.63) is 69.9 Å². The van der Waals surface area contributed by atoms with E-state index in [0.717, 1.165) is 4.88 Å². The predicted octanol–water partition coefficient (Wildman–Crippen LogP) is 6.00. The number of benzene rings is 2. The maximum absolute atomic E-state index is 11.1. The van der Waals surface area contributed by atoms with Crippen LogP contribution >= 0.6 is 22.7 Å². The van der Waals surface area contributed by atoms with E-state index in [0.29, 0.717) is 5.92 Å². The van der Waals surface area contributed by atoms with Gasteiger partial charge in [0.15, 0.2) is 0 Å². The molecule has 2 aromatic carbocycles. The standard InChI is InChI=1S/C21H20N2OS2/c1-12(18-10-15-5-3-4-6-17(15)25-18)14-7-8-16-11-19(26-20(16)9-14)13(2)23-21(22)24/h3-13H,1-2H3,(H3,22,23,24). The van der Waals surface area contributed by atoms with Gasteiger partial charge < -0.3 is 11.1 Å². The number of rotatable bonds is 4. The van der Waals surface area contributed by atoms with Crippen LogP contribution in [0.25, 0.3) is 20.2 Å². The number of carbonyl (C=O) groups excluding carboxylic acids is 1. The molecule has 4 rings (SSSR count). The number of nitrogens with two attached hydrogens (primary N) is 1. The summed E-state index contributed by atoms with van der Waals surface area (Å²) in [7, 11) is 0. The van der Waals surface area contributed by atoms with Crippen molar-refractivity contribution in [1.82, 2.24) is 5.32 Å². The third kappa shape index (κ3) is 3.20. The molecule has 0 aliphatic rings. The predicted molar refractivity (Wildman–Crippen MR) is 112 cm³/mol. The molecule has 0 aliphatic carbocycles. The van der Waals surface area contributed by atoms with Gasteiger partial charge >= 0.3 is 6.03 Å². The summed E-state index contributed by atoms with van der Waals surface area (Å²) in [6.07, 6.45) is 0. The van der Waals surface area contributed by atoms with Crippen LogP contribution in [0, 0.1) is 0 Å². The highest BCUT2D eigenvalue weighted by Crippen LogP contribution is 2.37. The van der Waals surface area contributed by atoms with Crippen molar-refractivity contribution < 1.29 is 4.79 Å². The monoisotopic (exact) mass is 380 g/mol. The third-order valence-corrected chi connectivity index (χ3v) is 7.30. The number of fused-ring (bicyclic) bond motifs is 2. The average Bonchev–Trinajstić information content (AvgIpc) is 3.23. The minimum Gasteiger partial charge on any atom is -0.352 e. The summed E-state index contributed by atoms with van der Waals surface area (Å²) < 4.78 is 2.57. The number of thiophene rings is 2. The van der Waals surface area contributed by atoms with Gasteiger partial charge in [0.05, 0.1) is 6.04 Å². The van der Waals surface area contributed by atoms with E-state index in [2.05, 4.69) is 66.8 Å². The zero-order valence-electron chi connectivity index (χ0n) is 14.7. The molecule has 2 heterocycles. The number of carbonyl (C=O) groups is 1. The maximum Gasteiger partial charge on any atom is 0.312 e. The summed E-state index contributed by atoms with van der Waals surface area (Å²) in [6, 6.07) is 19.0. The molecule has 132 valence electrons. The second kappa shape index (κ2) is 6.74. The highest BCUT2D eigenvalue weighted by molar-refractivity contribution is 7.19. The molecule has 0 aliphatic heterocycles. The maximum atomic E-state index is 11.1. The van der Waals surface area contributed by atoms with Gasteiger partial charge in [-0.15, -0.1) is 22.7 Å². The number of nitrogens with one attached hydrogen (secondary N) is 1. The molecule has 5 heteroatoms. The van der Waals surface area contributed by atoms with Crippen molar-refractivity contribution in [2.24, 2.45) is 5.73 Å². The first-order chi connectivity index (χ1) is 12.5. The average molecular weight is 381 g/mol. The smallest absolute Gasteiger partial charge is 0.312 e. The number of amides is 2. The lowest BCUT2D eigenvalue weighted by Crippen LogP contribution is -2.31. The molecule has 2 aromatic heterocycles. The van der Waals surface area contributed by atoms with Crippen molar-refractivity contribution in [2.45, 2.75) is 25.8 Å². The minimum atomic E-state index is -0.492. The Bertz CT molecular complexity index is 1060. The van der Waals surface area contributed by atoms with E-state index in [4.69, 9.17) is 5.73 Å². The fraction of sp³-hybridized carbons (Fsp3) is 0.190. The first-order valence-corrected chi connectivity index (χ1v) is 10.2. The Morgan fingerprint density at radius 2 is 1.62 bits per heavy atom. The zero-order chi connectivity index (χ0) is 18.3.